The summed E-state index contributed by atoms with van der Waals surface area (Å²) in [5.74, 6) is -2.61. The quantitative estimate of drug-likeness (QED) is 0.747. The molecule has 0 aromatic carbocycles. The van der Waals surface area contributed by atoms with Gasteiger partial charge in [0, 0.05) is 11.1 Å². The fraction of sp³-hybridized carbons (Fsp3) is 0.444. The molecule has 0 saturated carbocycles. The number of aryl methyl sites for hydroxylation is 1. The normalized spacial score (nSPS) is 12.1. The van der Waals surface area contributed by atoms with Crippen LogP contribution in [0.4, 0.5) is 0 Å². The van der Waals surface area contributed by atoms with E-state index < -0.39 is 17.8 Å². The Balaban J connectivity index is 2.44. The van der Waals surface area contributed by atoms with Gasteiger partial charge in [0.2, 0.25) is 5.91 Å². The molecule has 82 valence electrons. The van der Waals surface area contributed by atoms with Crippen molar-refractivity contribution in [3.8, 4) is 0 Å². The standard InChI is InChI=1S/C9H12N2O3S/c1-5(9(13)14)8(12)11-4-7-3-10-6(2)15-7/h3,5H,4H2,1-2H3,(H,11,12)(H,13,14). The van der Waals surface area contributed by atoms with E-state index in [-0.39, 0.29) is 0 Å². The number of carboxylic acids is 1. The van der Waals surface area contributed by atoms with Gasteiger partial charge < -0.3 is 10.4 Å². The summed E-state index contributed by atoms with van der Waals surface area (Å²) in [7, 11) is 0. The second-order valence-electron chi connectivity index (χ2n) is 3.12. The monoisotopic (exact) mass is 228 g/mol. The lowest BCUT2D eigenvalue weighted by molar-refractivity contribution is -0.146. The smallest absolute Gasteiger partial charge is 0.315 e. The molecule has 1 aromatic rings. The summed E-state index contributed by atoms with van der Waals surface area (Å²) in [6.07, 6.45) is 1.67. The van der Waals surface area contributed by atoms with E-state index in [4.69, 9.17) is 5.11 Å². The minimum absolute atomic E-state index is 0.335. The van der Waals surface area contributed by atoms with Crippen LogP contribution in [-0.2, 0) is 16.1 Å². The van der Waals surface area contributed by atoms with E-state index in [0.717, 1.165) is 9.88 Å². The Hall–Kier alpha value is -1.43. The summed E-state index contributed by atoms with van der Waals surface area (Å²) >= 11 is 1.48. The molecule has 0 aliphatic carbocycles. The average Bonchev–Trinajstić information content (AvgIpc) is 2.59. The van der Waals surface area contributed by atoms with Crippen LogP contribution < -0.4 is 5.32 Å². The molecule has 0 aliphatic heterocycles. The van der Waals surface area contributed by atoms with Gasteiger partial charge in [-0.25, -0.2) is 4.98 Å². The molecule has 1 heterocycles. The molecule has 0 aliphatic rings. The summed E-state index contributed by atoms with van der Waals surface area (Å²) in [6, 6.07) is 0. The Bertz CT molecular complexity index is 375. The predicted octanol–water partition coefficient (Wildman–Crippen LogP) is 0.788. The molecule has 0 spiro atoms. The molecular formula is C9H12N2O3S. The second kappa shape index (κ2) is 4.88. The first-order chi connectivity index (χ1) is 7.00. The van der Waals surface area contributed by atoms with Gasteiger partial charge in [-0.05, 0) is 13.8 Å². The van der Waals surface area contributed by atoms with Gasteiger partial charge in [0.15, 0.2) is 0 Å². The van der Waals surface area contributed by atoms with Gasteiger partial charge >= 0.3 is 5.97 Å². The van der Waals surface area contributed by atoms with Crippen LogP contribution >= 0.6 is 11.3 Å². The number of aliphatic carboxylic acids is 1. The molecule has 1 unspecified atom stereocenters. The van der Waals surface area contributed by atoms with Crippen molar-refractivity contribution in [2.75, 3.05) is 0 Å². The summed E-state index contributed by atoms with van der Waals surface area (Å²) in [5.41, 5.74) is 0. The highest BCUT2D eigenvalue weighted by molar-refractivity contribution is 7.11. The largest absolute Gasteiger partial charge is 0.481 e. The van der Waals surface area contributed by atoms with Gasteiger partial charge in [-0.2, -0.15) is 0 Å². The van der Waals surface area contributed by atoms with Crippen LogP contribution in [0.2, 0.25) is 0 Å². The third kappa shape index (κ3) is 3.32. The fourth-order valence-electron chi connectivity index (χ4n) is 0.927. The Kier molecular flexibility index (Phi) is 3.79. The number of nitrogens with one attached hydrogen (secondary N) is 1. The van der Waals surface area contributed by atoms with E-state index in [1.807, 2.05) is 6.92 Å². The van der Waals surface area contributed by atoms with Crippen molar-refractivity contribution in [1.82, 2.24) is 10.3 Å². The number of rotatable bonds is 4. The number of carbonyl (C=O) groups is 2. The molecule has 1 aromatic heterocycles. The van der Waals surface area contributed by atoms with E-state index in [9.17, 15) is 9.59 Å². The highest BCUT2D eigenvalue weighted by Gasteiger charge is 2.19. The maximum Gasteiger partial charge on any atom is 0.315 e. The summed E-state index contributed by atoms with van der Waals surface area (Å²) < 4.78 is 0. The molecule has 0 radical (unpaired) electrons. The summed E-state index contributed by atoms with van der Waals surface area (Å²) in [4.78, 5) is 26.7. The topological polar surface area (TPSA) is 79.3 Å². The number of aromatic nitrogens is 1. The average molecular weight is 228 g/mol. The van der Waals surface area contributed by atoms with Crippen molar-refractivity contribution in [3.05, 3.63) is 16.1 Å². The van der Waals surface area contributed by atoms with Gasteiger partial charge in [0.1, 0.15) is 5.92 Å². The molecule has 15 heavy (non-hydrogen) atoms. The van der Waals surface area contributed by atoms with E-state index >= 15 is 0 Å². The van der Waals surface area contributed by atoms with E-state index in [0.29, 0.717) is 6.54 Å². The van der Waals surface area contributed by atoms with Crippen LogP contribution in [0, 0.1) is 12.8 Å². The van der Waals surface area contributed by atoms with Crippen molar-refractivity contribution in [1.29, 1.82) is 0 Å². The Morgan fingerprint density at radius 2 is 2.33 bits per heavy atom. The molecule has 1 rings (SSSR count). The molecule has 0 saturated heterocycles. The van der Waals surface area contributed by atoms with Crippen LogP contribution in [0.15, 0.2) is 6.20 Å². The minimum Gasteiger partial charge on any atom is -0.481 e. The lowest BCUT2D eigenvalue weighted by Gasteiger charge is -2.06. The van der Waals surface area contributed by atoms with Crippen LogP contribution in [0.3, 0.4) is 0 Å². The van der Waals surface area contributed by atoms with Gasteiger partial charge in [0.25, 0.3) is 0 Å². The third-order valence-electron chi connectivity index (χ3n) is 1.87. The first-order valence-corrected chi connectivity index (χ1v) is 5.24. The number of nitrogens with zero attached hydrogens (tertiary/aromatic N) is 1. The van der Waals surface area contributed by atoms with E-state index in [1.165, 1.54) is 18.3 Å². The zero-order valence-corrected chi connectivity index (χ0v) is 9.30. The van der Waals surface area contributed by atoms with Crippen LogP contribution in [0.5, 0.6) is 0 Å². The van der Waals surface area contributed by atoms with E-state index in [1.54, 1.807) is 6.20 Å². The zero-order chi connectivity index (χ0) is 11.4. The third-order valence-corrected chi connectivity index (χ3v) is 2.78. The highest BCUT2D eigenvalue weighted by atomic mass is 32.1. The van der Waals surface area contributed by atoms with E-state index in [2.05, 4.69) is 10.3 Å². The molecule has 6 heteroatoms. The van der Waals surface area contributed by atoms with Crippen molar-refractivity contribution in [2.45, 2.75) is 20.4 Å². The van der Waals surface area contributed by atoms with Crippen LogP contribution in [0.1, 0.15) is 16.8 Å². The van der Waals surface area contributed by atoms with Crippen molar-refractivity contribution in [2.24, 2.45) is 5.92 Å². The number of amides is 1. The second-order valence-corrected chi connectivity index (χ2v) is 4.44. The Morgan fingerprint density at radius 1 is 1.67 bits per heavy atom. The number of thiazole rings is 1. The number of hydrogen-bond acceptors (Lipinski definition) is 4. The molecule has 1 atom stereocenters. The summed E-state index contributed by atoms with van der Waals surface area (Å²) in [5, 5.41) is 12.0. The van der Waals surface area contributed by atoms with Gasteiger partial charge in [-0.15, -0.1) is 11.3 Å². The zero-order valence-electron chi connectivity index (χ0n) is 8.48. The molecule has 2 N–H and O–H groups in total. The molecule has 1 amide bonds. The maximum absolute atomic E-state index is 11.3. The lowest BCUT2D eigenvalue weighted by Crippen LogP contribution is -2.32. The van der Waals surface area contributed by atoms with Crippen molar-refractivity contribution in [3.63, 3.8) is 0 Å². The molecule has 5 nitrogen and oxygen atoms in total. The van der Waals surface area contributed by atoms with Gasteiger partial charge in [-0.1, -0.05) is 0 Å². The molecule has 0 bridgehead atoms. The van der Waals surface area contributed by atoms with Gasteiger partial charge in [0.05, 0.1) is 11.6 Å². The number of carboxylic acid groups (broad SMARTS) is 1. The van der Waals surface area contributed by atoms with Gasteiger partial charge in [-0.3, -0.25) is 9.59 Å². The van der Waals surface area contributed by atoms with Crippen molar-refractivity contribution >= 4 is 23.2 Å². The lowest BCUT2D eigenvalue weighted by atomic mass is 10.2. The SMILES string of the molecule is Cc1ncc(CNC(=O)C(C)C(=O)O)s1. The first-order valence-electron chi connectivity index (χ1n) is 4.42. The number of carbonyl (C=O) groups excluding carboxylic acids is 1. The first kappa shape index (κ1) is 11.6. The fourth-order valence-corrected chi connectivity index (χ4v) is 1.66. The van der Waals surface area contributed by atoms with Crippen LogP contribution in [-0.4, -0.2) is 22.0 Å². The highest BCUT2D eigenvalue weighted by Crippen LogP contribution is 2.10. The predicted molar refractivity (Wildman–Crippen MR) is 55.5 cm³/mol. The Labute approximate surface area is 91.1 Å². The molecule has 0 fully saturated rings. The number of hydrogen-bond donors (Lipinski definition) is 2. The summed E-state index contributed by atoms with van der Waals surface area (Å²) in [6.45, 7) is 3.56. The maximum atomic E-state index is 11.3. The minimum atomic E-state index is -1.12. The van der Waals surface area contributed by atoms with Crippen molar-refractivity contribution < 1.29 is 14.7 Å². The Morgan fingerprint density at radius 3 is 2.80 bits per heavy atom. The molecular weight excluding hydrogens is 216 g/mol. The van der Waals surface area contributed by atoms with Crippen LogP contribution in [0.25, 0.3) is 0 Å².